The Morgan fingerprint density at radius 2 is 2.38 bits per heavy atom. The number of hydrogen-bond donors (Lipinski definition) is 0. The van der Waals surface area contributed by atoms with Crippen LogP contribution in [-0.4, -0.2) is 17.3 Å². The molecule has 1 aliphatic carbocycles. The molecule has 0 bridgehead atoms. The van der Waals surface area contributed by atoms with Crippen molar-refractivity contribution in [2.75, 3.05) is 0 Å². The first-order valence-electron chi connectivity index (χ1n) is 4.53. The van der Waals surface area contributed by atoms with E-state index >= 15 is 0 Å². The number of rotatable bonds is 3. The van der Waals surface area contributed by atoms with Crippen molar-refractivity contribution in [2.24, 2.45) is 5.16 Å². The average molecular weight is 196 g/mol. The molecule has 1 heterocycles. The zero-order valence-corrected chi connectivity index (χ0v) is 8.17. The van der Waals surface area contributed by atoms with Gasteiger partial charge in [0.1, 0.15) is 6.10 Å². The van der Waals surface area contributed by atoms with Crippen LogP contribution in [0.3, 0.4) is 0 Å². The van der Waals surface area contributed by atoms with Crippen molar-refractivity contribution in [3.8, 4) is 0 Å². The van der Waals surface area contributed by atoms with Gasteiger partial charge in [-0.1, -0.05) is 5.16 Å². The van der Waals surface area contributed by atoms with Gasteiger partial charge in [0.25, 0.3) is 0 Å². The van der Waals surface area contributed by atoms with Crippen LogP contribution < -0.4 is 0 Å². The molecule has 70 valence electrons. The van der Waals surface area contributed by atoms with Gasteiger partial charge in [0.05, 0.1) is 16.6 Å². The van der Waals surface area contributed by atoms with Crippen LogP contribution in [0, 0.1) is 0 Å². The maximum atomic E-state index is 5.32. The van der Waals surface area contributed by atoms with E-state index in [1.54, 1.807) is 29.3 Å². The second-order valence-electron chi connectivity index (χ2n) is 3.15. The molecule has 0 spiro atoms. The third-order valence-electron chi connectivity index (χ3n) is 2.14. The maximum absolute atomic E-state index is 5.32. The largest absolute Gasteiger partial charge is 0.392 e. The van der Waals surface area contributed by atoms with Crippen LogP contribution >= 0.6 is 11.3 Å². The topological polar surface area (TPSA) is 34.5 Å². The Morgan fingerprint density at radius 1 is 1.54 bits per heavy atom. The standard InChI is InChI=1S/C9H12N2OS/c1-2-4-8(3-1)12-11-6-9-5-10-7-13-9/h5-8H,1-4H2/b11-6+. The lowest BCUT2D eigenvalue weighted by molar-refractivity contribution is 0.0657. The van der Waals surface area contributed by atoms with Gasteiger partial charge in [-0.15, -0.1) is 11.3 Å². The fourth-order valence-electron chi connectivity index (χ4n) is 1.45. The molecule has 13 heavy (non-hydrogen) atoms. The van der Waals surface area contributed by atoms with E-state index in [9.17, 15) is 0 Å². The quantitative estimate of drug-likeness (QED) is 0.549. The SMILES string of the molecule is C(=N\OC1CCCC1)/c1cncs1. The third kappa shape index (κ3) is 2.52. The van der Waals surface area contributed by atoms with Gasteiger partial charge in [0, 0.05) is 6.20 Å². The van der Waals surface area contributed by atoms with E-state index < -0.39 is 0 Å². The van der Waals surface area contributed by atoms with Gasteiger partial charge in [0.2, 0.25) is 0 Å². The Balaban J connectivity index is 1.78. The van der Waals surface area contributed by atoms with Crippen LogP contribution in [0.25, 0.3) is 0 Å². The monoisotopic (exact) mass is 196 g/mol. The van der Waals surface area contributed by atoms with Crippen molar-refractivity contribution in [2.45, 2.75) is 31.8 Å². The van der Waals surface area contributed by atoms with E-state index in [-0.39, 0.29) is 0 Å². The van der Waals surface area contributed by atoms with Gasteiger partial charge in [-0.25, -0.2) is 0 Å². The lowest BCUT2D eigenvalue weighted by Gasteiger charge is -2.04. The normalized spacial score (nSPS) is 18.5. The Hall–Kier alpha value is -0.900. The molecule has 0 N–H and O–H groups in total. The van der Waals surface area contributed by atoms with Crippen molar-refractivity contribution >= 4 is 17.6 Å². The van der Waals surface area contributed by atoms with Gasteiger partial charge in [0.15, 0.2) is 0 Å². The van der Waals surface area contributed by atoms with Crippen LogP contribution in [0.2, 0.25) is 0 Å². The second kappa shape index (κ2) is 4.37. The molecule has 0 amide bonds. The Morgan fingerprint density at radius 3 is 3.08 bits per heavy atom. The smallest absolute Gasteiger partial charge is 0.127 e. The molecule has 0 atom stereocenters. The zero-order valence-electron chi connectivity index (χ0n) is 7.35. The molecule has 0 unspecified atom stereocenters. The maximum Gasteiger partial charge on any atom is 0.127 e. The third-order valence-corrected chi connectivity index (χ3v) is 2.85. The number of hydrogen-bond acceptors (Lipinski definition) is 4. The van der Waals surface area contributed by atoms with E-state index in [1.165, 1.54) is 12.8 Å². The fraction of sp³-hybridized carbons (Fsp3) is 0.556. The summed E-state index contributed by atoms with van der Waals surface area (Å²) in [5, 5.41) is 3.94. The van der Waals surface area contributed by atoms with Crippen molar-refractivity contribution in [3.05, 3.63) is 16.6 Å². The highest BCUT2D eigenvalue weighted by atomic mass is 32.1. The van der Waals surface area contributed by atoms with Crippen LogP contribution in [0.5, 0.6) is 0 Å². The van der Waals surface area contributed by atoms with Crippen LogP contribution in [0.15, 0.2) is 16.9 Å². The molecule has 0 radical (unpaired) electrons. The molecule has 3 nitrogen and oxygen atoms in total. The number of oxime groups is 1. The van der Waals surface area contributed by atoms with Gasteiger partial charge in [-0.2, -0.15) is 0 Å². The van der Waals surface area contributed by atoms with Crippen molar-refractivity contribution in [1.29, 1.82) is 0 Å². The molecule has 1 fully saturated rings. The lowest BCUT2D eigenvalue weighted by atomic mass is 10.3. The summed E-state index contributed by atoms with van der Waals surface area (Å²) in [7, 11) is 0. The van der Waals surface area contributed by atoms with Gasteiger partial charge in [-0.05, 0) is 25.7 Å². The summed E-state index contributed by atoms with van der Waals surface area (Å²) in [6.45, 7) is 0. The molecular formula is C9H12N2OS. The predicted molar refractivity (Wildman–Crippen MR) is 53.0 cm³/mol. The summed E-state index contributed by atoms with van der Waals surface area (Å²) >= 11 is 1.56. The molecule has 1 saturated carbocycles. The molecule has 2 rings (SSSR count). The summed E-state index contributed by atoms with van der Waals surface area (Å²) in [5.74, 6) is 0. The summed E-state index contributed by atoms with van der Waals surface area (Å²) in [6.07, 6.45) is 8.73. The van der Waals surface area contributed by atoms with Gasteiger partial charge >= 0.3 is 0 Å². The minimum Gasteiger partial charge on any atom is -0.392 e. The van der Waals surface area contributed by atoms with Gasteiger partial charge in [-0.3, -0.25) is 4.98 Å². The Bertz CT molecular complexity index is 265. The summed E-state index contributed by atoms with van der Waals surface area (Å²) < 4.78 is 0. The first-order chi connectivity index (χ1) is 6.45. The summed E-state index contributed by atoms with van der Waals surface area (Å²) in [5.41, 5.74) is 1.79. The summed E-state index contributed by atoms with van der Waals surface area (Å²) in [6, 6.07) is 0. The Kier molecular flexibility index (Phi) is 2.92. The molecule has 4 heteroatoms. The molecule has 0 aromatic carbocycles. The highest BCUT2D eigenvalue weighted by molar-refractivity contribution is 7.11. The molecule has 1 aliphatic rings. The van der Waals surface area contributed by atoms with E-state index in [1.807, 2.05) is 0 Å². The number of thiazole rings is 1. The predicted octanol–water partition coefficient (Wildman–Crippen LogP) is 2.44. The van der Waals surface area contributed by atoms with Crippen molar-refractivity contribution in [1.82, 2.24) is 4.98 Å². The van der Waals surface area contributed by atoms with Crippen LogP contribution in [-0.2, 0) is 4.84 Å². The van der Waals surface area contributed by atoms with Crippen LogP contribution in [0.4, 0.5) is 0 Å². The van der Waals surface area contributed by atoms with E-state index in [0.29, 0.717) is 6.10 Å². The first kappa shape index (κ1) is 8.69. The van der Waals surface area contributed by atoms with E-state index in [0.717, 1.165) is 17.7 Å². The molecule has 1 aromatic rings. The highest BCUT2D eigenvalue weighted by Crippen LogP contribution is 2.20. The minimum absolute atomic E-state index is 0.351. The lowest BCUT2D eigenvalue weighted by Crippen LogP contribution is -2.02. The highest BCUT2D eigenvalue weighted by Gasteiger charge is 2.15. The molecule has 0 saturated heterocycles. The zero-order chi connectivity index (χ0) is 8.93. The molecule has 0 aliphatic heterocycles. The van der Waals surface area contributed by atoms with Gasteiger partial charge < -0.3 is 4.84 Å². The second-order valence-corrected chi connectivity index (χ2v) is 4.07. The van der Waals surface area contributed by atoms with E-state index in [2.05, 4.69) is 10.1 Å². The van der Waals surface area contributed by atoms with Crippen molar-refractivity contribution < 1.29 is 4.84 Å². The number of nitrogens with zero attached hydrogens (tertiary/aromatic N) is 2. The molecular weight excluding hydrogens is 184 g/mol. The van der Waals surface area contributed by atoms with Crippen molar-refractivity contribution in [3.63, 3.8) is 0 Å². The Labute approximate surface area is 81.4 Å². The fourth-order valence-corrected chi connectivity index (χ4v) is 1.92. The number of aromatic nitrogens is 1. The molecule has 1 aromatic heterocycles. The average Bonchev–Trinajstić information content (AvgIpc) is 2.75. The minimum atomic E-state index is 0.351. The summed E-state index contributed by atoms with van der Waals surface area (Å²) in [4.78, 5) is 10.3. The van der Waals surface area contributed by atoms with E-state index in [4.69, 9.17) is 4.84 Å². The first-order valence-corrected chi connectivity index (χ1v) is 5.41. The van der Waals surface area contributed by atoms with Crippen LogP contribution in [0.1, 0.15) is 30.6 Å².